The third-order valence-electron chi connectivity index (χ3n) is 8.59. The third-order valence-corrected chi connectivity index (χ3v) is 8.59. The standard InChI is InChI=1S/C28H30N2O5/c31-26(30-16-12-13-25(30)22(14-16)27(32)33)21-10-5-11-24(21)29-28(34)35-15-23-19-8-3-1-6-17(19)18-7-2-4-9-20(18)23/h1-4,6-9,16,21-25H,5,10-15H2,(H,29,34)(H,32,33)/t16-,21+,22+,24-,25+/m1/s1. The molecule has 2 aliphatic carbocycles. The summed E-state index contributed by atoms with van der Waals surface area (Å²) in [5.41, 5.74) is 4.68. The molecule has 2 amide bonds. The van der Waals surface area contributed by atoms with Crippen molar-refractivity contribution in [1.82, 2.24) is 10.2 Å². The second-order valence-corrected chi connectivity index (χ2v) is 10.3. The van der Waals surface area contributed by atoms with Gasteiger partial charge in [0, 0.05) is 24.0 Å². The summed E-state index contributed by atoms with van der Waals surface area (Å²) in [6.45, 7) is 0.238. The number of benzene rings is 2. The molecular weight excluding hydrogens is 444 g/mol. The first-order chi connectivity index (χ1) is 17.0. The number of hydrogen-bond donors (Lipinski definition) is 2. The number of aliphatic carboxylic acids is 1. The highest BCUT2D eigenvalue weighted by molar-refractivity contribution is 5.84. The van der Waals surface area contributed by atoms with E-state index in [0.717, 1.165) is 36.8 Å². The zero-order valence-corrected chi connectivity index (χ0v) is 19.6. The Balaban J connectivity index is 1.10. The number of ether oxygens (including phenoxy) is 1. The first-order valence-electron chi connectivity index (χ1n) is 12.7. The molecule has 35 heavy (non-hydrogen) atoms. The Kier molecular flexibility index (Phi) is 5.50. The maximum atomic E-state index is 13.5. The lowest BCUT2D eigenvalue weighted by molar-refractivity contribution is -0.143. The maximum absolute atomic E-state index is 13.5. The highest BCUT2D eigenvalue weighted by Crippen LogP contribution is 2.45. The minimum absolute atomic E-state index is 0.00250. The van der Waals surface area contributed by atoms with Crippen LogP contribution < -0.4 is 5.32 Å². The molecule has 2 aromatic carbocycles. The highest BCUT2D eigenvalue weighted by atomic mass is 16.5. The molecule has 0 unspecified atom stereocenters. The van der Waals surface area contributed by atoms with Gasteiger partial charge in [0.05, 0.1) is 11.8 Å². The Hall–Kier alpha value is -3.35. The SMILES string of the molecule is O=C(N[C@@H]1CCC[C@@H]1C(=O)N1[C@@H]2CC[C@H]1[C@@H](C(=O)O)C2)OCC1c2ccccc2-c2ccccc21. The quantitative estimate of drug-likeness (QED) is 0.679. The van der Waals surface area contributed by atoms with Crippen molar-refractivity contribution >= 4 is 18.0 Å². The average Bonchev–Trinajstić information content (AvgIpc) is 3.64. The molecule has 5 atom stereocenters. The van der Waals surface area contributed by atoms with Crippen LogP contribution in [0.15, 0.2) is 48.5 Å². The fourth-order valence-electron chi connectivity index (χ4n) is 7.01. The first kappa shape index (κ1) is 22.1. The molecule has 7 heteroatoms. The van der Waals surface area contributed by atoms with Crippen molar-refractivity contribution in [2.45, 2.75) is 62.6 Å². The van der Waals surface area contributed by atoms with Crippen molar-refractivity contribution < 1.29 is 24.2 Å². The number of nitrogens with one attached hydrogen (secondary N) is 1. The summed E-state index contributed by atoms with van der Waals surface area (Å²) in [4.78, 5) is 39.7. The third kappa shape index (κ3) is 3.68. The molecular formula is C28H30N2O5. The van der Waals surface area contributed by atoms with Crippen molar-refractivity contribution in [3.05, 3.63) is 59.7 Å². The zero-order valence-electron chi connectivity index (χ0n) is 19.6. The van der Waals surface area contributed by atoms with Crippen molar-refractivity contribution in [2.24, 2.45) is 11.8 Å². The van der Waals surface area contributed by atoms with E-state index < -0.39 is 18.0 Å². The summed E-state index contributed by atoms with van der Waals surface area (Å²) in [5.74, 6) is -1.60. The van der Waals surface area contributed by atoms with Crippen LogP contribution >= 0.6 is 0 Å². The molecule has 2 aromatic rings. The van der Waals surface area contributed by atoms with E-state index in [4.69, 9.17) is 4.74 Å². The molecule has 4 aliphatic rings. The monoisotopic (exact) mass is 474 g/mol. The molecule has 3 fully saturated rings. The van der Waals surface area contributed by atoms with Gasteiger partial charge in [0.2, 0.25) is 5.91 Å². The number of rotatable bonds is 5. The maximum Gasteiger partial charge on any atom is 0.407 e. The minimum Gasteiger partial charge on any atom is -0.481 e. The van der Waals surface area contributed by atoms with E-state index in [2.05, 4.69) is 29.6 Å². The number of carboxylic acid groups (broad SMARTS) is 1. The van der Waals surface area contributed by atoms with Crippen molar-refractivity contribution in [3.63, 3.8) is 0 Å². The second-order valence-electron chi connectivity index (χ2n) is 10.3. The van der Waals surface area contributed by atoms with Crippen LogP contribution in [-0.2, 0) is 14.3 Å². The Morgan fingerprint density at radius 2 is 1.60 bits per heavy atom. The van der Waals surface area contributed by atoms with Gasteiger partial charge in [-0.15, -0.1) is 0 Å². The number of carboxylic acids is 1. The van der Waals surface area contributed by atoms with Crippen LogP contribution in [0.5, 0.6) is 0 Å². The second kappa shape index (κ2) is 8.70. The number of amides is 2. The van der Waals surface area contributed by atoms with Gasteiger partial charge in [-0.1, -0.05) is 55.0 Å². The van der Waals surface area contributed by atoms with Crippen LogP contribution in [0.2, 0.25) is 0 Å². The number of alkyl carbamates (subject to hydrolysis) is 1. The molecule has 7 nitrogen and oxygen atoms in total. The lowest BCUT2D eigenvalue weighted by Crippen LogP contribution is -2.48. The molecule has 2 saturated heterocycles. The molecule has 0 radical (unpaired) electrons. The Morgan fingerprint density at radius 3 is 2.26 bits per heavy atom. The number of fused-ring (bicyclic) bond motifs is 5. The Bertz CT molecular complexity index is 1130. The fourth-order valence-corrected chi connectivity index (χ4v) is 7.01. The van der Waals surface area contributed by atoms with Crippen molar-refractivity contribution in [3.8, 4) is 11.1 Å². The largest absolute Gasteiger partial charge is 0.481 e. The molecule has 2 heterocycles. The van der Waals surface area contributed by atoms with Crippen LogP contribution in [0.25, 0.3) is 11.1 Å². The fraction of sp³-hybridized carbons (Fsp3) is 0.464. The van der Waals surface area contributed by atoms with Gasteiger partial charge in [0.1, 0.15) is 6.61 Å². The lowest BCUT2D eigenvalue weighted by atomic mass is 9.89. The summed E-state index contributed by atoms with van der Waals surface area (Å²) in [6, 6.07) is 16.0. The van der Waals surface area contributed by atoms with Crippen LogP contribution in [-0.4, -0.2) is 52.7 Å². The minimum atomic E-state index is -0.810. The summed E-state index contributed by atoms with van der Waals surface area (Å²) in [5, 5.41) is 12.5. The topological polar surface area (TPSA) is 95.9 Å². The van der Waals surface area contributed by atoms with Gasteiger partial charge in [-0.25, -0.2) is 4.79 Å². The van der Waals surface area contributed by atoms with Gasteiger partial charge in [-0.05, 0) is 54.4 Å². The zero-order chi connectivity index (χ0) is 24.1. The summed E-state index contributed by atoms with van der Waals surface area (Å²) in [7, 11) is 0. The van der Waals surface area contributed by atoms with Crippen LogP contribution in [0.4, 0.5) is 4.79 Å². The van der Waals surface area contributed by atoms with E-state index in [1.165, 1.54) is 11.1 Å². The molecule has 0 aromatic heterocycles. The number of hydrogen-bond acceptors (Lipinski definition) is 4. The van der Waals surface area contributed by atoms with Gasteiger partial charge in [0.25, 0.3) is 0 Å². The smallest absolute Gasteiger partial charge is 0.407 e. The first-order valence-corrected chi connectivity index (χ1v) is 12.7. The average molecular weight is 475 g/mol. The van der Waals surface area contributed by atoms with E-state index in [1.54, 1.807) is 0 Å². The summed E-state index contributed by atoms with van der Waals surface area (Å²) in [6.07, 6.45) is 3.97. The van der Waals surface area contributed by atoms with Crippen molar-refractivity contribution in [2.75, 3.05) is 6.61 Å². The Labute approximate surface area is 204 Å². The summed E-state index contributed by atoms with van der Waals surface area (Å²) < 4.78 is 5.71. The molecule has 182 valence electrons. The van der Waals surface area contributed by atoms with Gasteiger partial charge >= 0.3 is 12.1 Å². The van der Waals surface area contributed by atoms with E-state index in [1.807, 2.05) is 29.2 Å². The molecule has 2 aliphatic heterocycles. The van der Waals surface area contributed by atoms with Gasteiger partial charge in [0.15, 0.2) is 0 Å². The number of carbonyl (C=O) groups excluding carboxylic acids is 2. The Morgan fingerprint density at radius 1 is 0.914 bits per heavy atom. The van der Waals surface area contributed by atoms with E-state index in [-0.39, 0.29) is 42.5 Å². The van der Waals surface area contributed by atoms with E-state index in [9.17, 15) is 19.5 Å². The van der Waals surface area contributed by atoms with Crippen molar-refractivity contribution in [1.29, 1.82) is 0 Å². The number of carbonyl (C=O) groups is 3. The highest BCUT2D eigenvalue weighted by Gasteiger charge is 2.53. The molecule has 1 saturated carbocycles. The van der Waals surface area contributed by atoms with E-state index >= 15 is 0 Å². The van der Waals surface area contributed by atoms with Crippen LogP contribution in [0.1, 0.15) is 55.6 Å². The predicted octanol–water partition coefficient (Wildman–Crippen LogP) is 4.16. The number of nitrogens with zero attached hydrogens (tertiary/aromatic N) is 1. The van der Waals surface area contributed by atoms with Gasteiger partial charge in [-0.2, -0.15) is 0 Å². The molecule has 0 spiro atoms. The lowest BCUT2D eigenvalue weighted by Gasteiger charge is -2.29. The van der Waals surface area contributed by atoms with Gasteiger partial charge < -0.3 is 20.1 Å². The predicted molar refractivity (Wildman–Crippen MR) is 129 cm³/mol. The molecule has 6 rings (SSSR count). The molecule has 2 bridgehead atoms. The van der Waals surface area contributed by atoms with E-state index in [0.29, 0.717) is 12.8 Å². The summed E-state index contributed by atoms with van der Waals surface area (Å²) >= 11 is 0. The van der Waals surface area contributed by atoms with Crippen LogP contribution in [0, 0.1) is 11.8 Å². The normalized spacial score (nSPS) is 28.6. The van der Waals surface area contributed by atoms with Crippen LogP contribution in [0.3, 0.4) is 0 Å². The molecule has 2 N–H and O–H groups in total. The van der Waals surface area contributed by atoms with Gasteiger partial charge in [-0.3, -0.25) is 9.59 Å².